The van der Waals surface area contributed by atoms with Crippen LogP contribution in [-0.2, 0) is 32.1 Å². The van der Waals surface area contributed by atoms with Crippen molar-refractivity contribution in [1.82, 2.24) is 0 Å². The number of benzene rings is 5. The minimum absolute atomic E-state index is 0.888. The Morgan fingerprint density at radius 1 is 0.219 bits per heavy atom. The van der Waals surface area contributed by atoms with E-state index in [0.29, 0.717) is 0 Å². The molecule has 0 heterocycles. The van der Waals surface area contributed by atoms with Crippen LogP contribution in [0.15, 0.2) is 180 Å². The Kier molecular flexibility index (Phi) is 44.7. The van der Waals surface area contributed by atoms with E-state index in [-0.39, 0.29) is 0 Å². The maximum atomic E-state index is 3.40. The summed E-state index contributed by atoms with van der Waals surface area (Å²) in [5.41, 5.74) is 19.5. The fraction of sp³-hybridized carbons (Fsp3) is 0.524. The van der Waals surface area contributed by atoms with Crippen LogP contribution in [0.1, 0.15) is 350 Å². The average Bonchev–Trinajstić information content (AvgIpc) is 0.931. The van der Waals surface area contributed by atoms with E-state index in [0.717, 1.165) is 83.1 Å². The predicted molar refractivity (Wildman–Crippen MR) is 461 cm³/mol. The van der Waals surface area contributed by atoms with E-state index in [1.165, 1.54) is 287 Å². The summed E-state index contributed by atoms with van der Waals surface area (Å²) in [6.45, 7) is 22.5. The maximum absolute atomic E-state index is 3.40. The van der Waals surface area contributed by atoms with Crippen molar-refractivity contribution >= 4 is 0 Å². The SMILES string of the molecule is CCCCC1CC=C(C#Cc2ccc(CCC)cc2)CC1.CCCCCC1CC=C(C#Cc2ccc(CCC)cc2)CC1.CCCCCCC1CC=C(C#Cc2ccc(CCC)cc2)CC1.CCCc1ccc(C#CC2=CCC(CC)CC2)cc1.CCCc1ccc(C#CC2=CCC(CCC)CC2)cc1. The van der Waals surface area contributed by atoms with Crippen molar-refractivity contribution in [2.45, 2.75) is 326 Å². The maximum Gasteiger partial charge on any atom is 0.0249 e. The molecule has 0 N–H and O–H groups in total. The average molecular weight is 1400 g/mol. The minimum Gasteiger partial charge on any atom is -0.0726 e. The number of aryl methyl sites for hydroxylation is 5. The van der Waals surface area contributed by atoms with Crippen molar-refractivity contribution in [3.05, 3.63) is 235 Å². The van der Waals surface area contributed by atoms with Gasteiger partial charge in [0.2, 0.25) is 0 Å². The standard InChI is InChI=1S/C23H32.C22H30.C21H28.C20H26.C19H24/c1-3-5-6-7-9-21-12-16-23(17-13-21)19-18-22-14-10-20(8-4-2)11-15-22;1-3-5-6-8-20-11-15-22(16-12-20)18-17-21-13-9-19(7-4-2)10-14-21;1-3-5-7-19-10-14-21(15-11-19)17-16-20-12-8-18(6-4-2)9-13-20;1-3-5-17-7-11-19(12-8-17)15-16-20-13-9-18(6-4-2)10-14-20;1-3-5-17-10-12-19(13-11-17)15-14-18-8-6-16(4-2)7-9-18/h10-11,14-16,21H,3-9,12-13,17H2,1-2H3;9-10,13-15,20H,3-8,11-12,16H2,1-2H3;8-9,12-14,19H,3-7,10-11,15H2,1-2H3;7-8,11-13,18H,3-6,9-10,14H2,1-2H3;8,10-13,16H,3-7,9H2,1-2H3. The van der Waals surface area contributed by atoms with Gasteiger partial charge < -0.3 is 0 Å². The van der Waals surface area contributed by atoms with Crippen LogP contribution in [0.25, 0.3) is 0 Å². The summed E-state index contributed by atoms with van der Waals surface area (Å²) in [6.07, 6.45) is 63.0. The molecule has 5 aromatic carbocycles. The Morgan fingerprint density at radius 3 is 0.667 bits per heavy atom. The van der Waals surface area contributed by atoms with Gasteiger partial charge in [-0.05, 0) is 274 Å². The molecule has 5 unspecified atom stereocenters. The lowest BCUT2D eigenvalue weighted by molar-refractivity contribution is 0.417. The Morgan fingerprint density at radius 2 is 0.448 bits per heavy atom. The molecule has 5 aliphatic rings. The first-order chi connectivity index (χ1) is 51.6. The second-order valence-electron chi connectivity index (χ2n) is 31.0. The number of rotatable bonds is 25. The molecule has 0 saturated heterocycles. The van der Waals surface area contributed by atoms with Crippen LogP contribution in [0, 0.1) is 88.8 Å². The fourth-order valence-electron chi connectivity index (χ4n) is 14.9. The Balaban J connectivity index is 0.000000206. The predicted octanol–water partition coefficient (Wildman–Crippen LogP) is 29.5. The monoisotopic (exact) mass is 1400 g/mol. The summed E-state index contributed by atoms with van der Waals surface area (Å²) in [6, 6.07) is 43.7. The van der Waals surface area contributed by atoms with Crippen molar-refractivity contribution in [3.63, 3.8) is 0 Å². The van der Waals surface area contributed by atoms with Gasteiger partial charge in [0.05, 0.1) is 0 Å². The quantitative estimate of drug-likeness (QED) is 0.0404. The van der Waals surface area contributed by atoms with Crippen molar-refractivity contribution in [2.24, 2.45) is 29.6 Å². The molecule has 0 spiro atoms. The molecule has 0 amide bonds. The largest absolute Gasteiger partial charge is 0.0726 e. The summed E-state index contributed by atoms with van der Waals surface area (Å²) in [5, 5.41) is 0. The van der Waals surface area contributed by atoms with Gasteiger partial charge in [-0.3, -0.25) is 0 Å². The first-order valence-electron chi connectivity index (χ1n) is 43.1. The zero-order valence-corrected chi connectivity index (χ0v) is 68.1. The normalized spacial score (nSPS) is 17.8. The van der Waals surface area contributed by atoms with Crippen LogP contribution >= 0.6 is 0 Å². The van der Waals surface area contributed by atoms with E-state index in [1.54, 1.807) is 0 Å². The molecule has 0 fully saturated rings. The van der Waals surface area contributed by atoms with E-state index in [2.05, 4.69) is 280 Å². The molecule has 0 saturated carbocycles. The molecule has 5 atom stereocenters. The Hall–Kier alpha value is -7.40. The molecule has 5 aromatic rings. The van der Waals surface area contributed by atoms with E-state index < -0.39 is 0 Å². The molecule has 560 valence electrons. The first-order valence-corrected chi connectivity index (χ1v) is 43.1. The molecule has 0 radical (unpaired) electrons. The van der Waals surface area contributed by atoms with Gasteiger partial charge in [0.25, 0.3) is 0 Å². The summed E-state index contributed by atoms with van der Waals surface area (Å²) in [7, 11) is 0. The highest BCUT2D eigenvalue weighted by Gasteiger charge is 2.17. The molecule has 0 aromatic heterocycles. The number of unbranched alkanes of at least 4 members (excludes halogenated alkanes) is 6. The fourth-order valence-corrected chi connectivity index (χ4v) is 14.9. The smallest absolute Gasteiger partial charge is 0.0249 e. The lowest BCUT2D eigenvalue weighted by Crippen LogP contribution is -2.05. The van der Waals surface area contributed by atoms with Gasteiger partial charge in [0, 0.05) is 27.8 Å². The third-order valence-electron chi connectivity index (χ3n) is 21.8. The van der Waals surface area contributed by atoms with Gasteiger partial charge in [-0.15, -0.1) is 0 Å². The van der Waals surface area contributed by atoms with Crippen LogP contribution in [0.3, 0.4) is 0 Å². The van der Waals surface area contributed by atoms with Crippen LogP contribution in [0.4, 0.5) is 0 Å². The third kappa shape index (κ3) is 37.1. The summed E-state index contributed by atoms with van der Waals surface area (Å²) >= 11 is 0. The highest BCUT2D eigenvalue weighted by molar-refractivity contribution is 5.47. The van der Waals surface area contributed by atoms with Gasteiger partial charge >= 0.3 is 0 Å². The second kappa shape index (κ2) is 54.2. The van der Waals surface area contributed by atoms with E-state index in [4.69, 9.17) is 0 Å². The molecule has 10 rings (SSSR count). The Labute approximate surface area is 646 Å². The van der Waals surface area contributed by atoms with Crippen molar-refractivity contribution in [1.29, 1.82) is 0 Å². The van der Waals surface area contributed by atoms with Gasteiger partial charge in [-0.1, -0.05) is 348 Å². The highest BCUT2D eigenvalue weighted by Crippen LogP contribution is 2.32. The molecule has 0 aliphatic heterocycles. The van der Waals surface area contributed by atoms with Crippen LogP contribution in [-0.4, -0.2) is 0 Å². The topological polar surface area (TPSA) is 0 Å². The van der Waals surface area contributed by atoms with Crippen molar-refractivity contribution in [3.8, 4) is 59.2 Å². The molecular formula is C105H140. The third-order valence-corrected chi connectivity index (χ3v) is 21.8. The van der Waals surface area contributed by atoms with Crippen molar-refractivity contribution in [2.75, 3.05) is 0 Å². The van der Waals surface area contributed by atoms with Crippen LogP contribution in [0.5, 0.6) is 0 Å². The molecule has 0 bridgehead atoms. The number of hydrogen-bond acceptors (Lipinski definition) is 0. The molecule has 5 aliphatic carbocycles. The van der Waals surface area contributed by atoms with Gasteiger partial charge in [-0.2, -0.15) is 0 Å². The van der Waals surface area contributed by atoms with Crippen LogP contribution in [0.2, 0.25) is 0 Å². The van der Waals surface area contributed by atoms with E-state index in [9.17, 15) is 0 Å². The minimum atomic E-state index is 0.888. The van der Waals surface area contributed by atoms with Gasteiger partial charge in [-0.25, -0.2) is 0 Å². The number of allylic oxidation sites excluding steroid dienone is 10. The van der Waals surface area contributed by atoms with Crippen molar-refractivity contribution < 1.29 is 0 Å². The lowest BCUT2D eigenvalue weighted by atomic mass is 9.86. The second-order valence-corrected chi connectivity index (χ2v) is 31.0. The summed E-state index contributed by atoms with van der Waals surface area (Å²) in [4.78, 5) is 0. The van der Waals surface area contributed by atoms with Gasteiger partial charge in [0.1, 0.15) is 0 Å². The number of hydrogen-bond donors (Lipinski definition) is 0. The zero-order valence-electron chi connectivity index (χ0n) is 68.1. The molecule has 105 heavy (non-hydrogen) atoms. The zero-order chi connectivity index (χ0) is 74.6. The van der Waals surface area contributed by atoms with E-state index >= 15 is 0 Å². The summed E-state index contributed by atoms with van der Waals surface area (Å²) in [5.74, 6) is 38.0. The molecular weight excluding hydrogens is 1260 g/mol. The molecule has 0 heteroatoms. The van der Waals surface area contributed by atoms with Crippen LogP contribution < -0.4 is 0 Å². The first kappa shape index (κ1) is 86.5. The lowest BCUT2D eigenvalue weighted by Gasteiger charge is -2.19. The molecule has 0 nitrogen and oxygen atoms in total. The van der Waals surface area contributed by atoms with Gasteiger partial charge in [0.15, 0.2) is 0 Å². The van der Waals surface area contributed by atoms with E-state index in [1.807, 2.05) is 0 Å². The highest BCUT2D eigenvalue weighted by atomic mass is 14.2. The Bertz CT molecular complexity index is 3690. The summed E-state index contributed by atoms with van der Waals surface area (Å²) < 4.78 is 0.